The van der Waals surface area contributed by atoms with Crippen LogP contribution in [0.4, 0.5) is 6.01 Å². The molecule has 0 saturated heterocycles. The molecule has 0 saturated carbocycles. The monoisotopic (exact) mass is 248 g/mol. The fourth-order valence-corrected chi connectivity index (χ4v) is 1.89. The number of nitrogens with zero attached hydrogens (tertiary/aromatic N) is 2. The fraction of sp³-hybridized carbons (Fsp3) is 0.385. The van der Waals surface area contributed by atoms with Crippen LogP contribution in [0.3, 0.4) is 0 Å². The number of aromatic nitrogens is 1. The minimum Gasteiger partial charge on any atom is -0.478 e. The second-order valence-electron chi connectivity index (χ2n) is 4.36. The predicted octanol–water partition coefficient (Wildman–Crippen LogP) is 2.76. The van der Waals surface area contributed by atoms with E-state index in [9.17, 15) is 4.79 Å². The van der Waals surface area contributed by atoms with E-state index in [1.54, 1.807) is 6.07 Å². The summed E-state index contributed by atoms with van der Waals surface area (Å²) >= 11 is 0. The molecule has 0 amide bonds. The normalized spacial score (nSPS) is 11.1. The Morgan fingerprint density at radius 2 is 2.22 bits per heavy atom. The summed E-state index contributed by atoms with van der Waals surface area (Å²) in [7, 11) is 0. The Morgan fingerprint density at radius 3 is 2.78 bits per heavy atom. The summed E-state index contributed by atoms with van der Waals surface area (Å²) in [6.45, 7) is 6.93. The van der Waals surface area contributed by atoms with Gasteiger partial charge in [-0.25, -0.2) is 4.79 Å². The number of hydrogen-bond donors (Lipinski definition) is 1. The van der Waals surface area contributed by atoms with Crippen LogP contribution in [0.1, 0.15) is 31.1 Å². The van der Waals surface area contributed by atoms with Gasteiger partial charge in [0.15, 0.2) is 5.58 Å². The Labute approximate surface area is 105 Å². The smallest absolute Gasteiger partial charge is 0.335 e. The molecule has 0 atom stereocenters. The third-order valence-corrected chi connectivity index (χ3v) is 2.83. The zero-order valence-corrected chi connectivity index (χ0v) is 10.7. The average molecular weight is 248 g/mol. The largest absolute Gasteiger partial charge is 0.478 e. The van der Waals surface area contributed by atoms with Crippen LogP contribution in [0.2, 0.25) is 0 Å². The molecule has 18 heavy (non-hydrogen) atoms. The second-order valence-corrected chi connectivity index (χ2v) is 4.36. The Morgan fingerprint density at radius 1 is 1.50 bits per heavy atom. The van der Waals surface area contributed by atoms with Crippen molar-refractivity contribution in [3.05, 3.63) is 23.8 Å². The van der Waals surface area contributed by atoms with Crippen LogP contribution in [0, 0.1) is 0 Å². The Balaban J connectivity index is 2.46. The Kier molecular flexibility index (Phi) is 3.23. The number of oxazole rings is 1. The SMILES string of the molecule is CCN(c1nc2ccc(C(=O)O)cc2o1)C(C)C. The average Bonchev–Trinajstić information content (AvgIpc) is 2.71. The van der Waals surface area contributed by atoms with E-state index >= 15 is 0 Å². The summed E-state index contributed by atoms with van der Waals surface area (Å²) in [4.78, 5) is 17.3. The first-order chi connectivity index (χ1) is 8.52. The molecule has 1 aromatic carbocycles. The zero-order chi connectivity index (χ0) is 13.3. The highest BCUT2D eigenvalue weighted by Gasteiger charge is 2.16. The van der Waals surface area contributed by atoms with Gasteiger partial charge in [0.25, 0.3) is 6.01 Å². The van der Waals surface area contributed by atoms with Crippen molar-refractivity contribution in [1.29, 1.82) is 0 Å². The molecule has 0 bridgehead atoms. The number of fused-ring (bicyclic) bond motifs is 1. The third-order valence-electron chi connectivity index (χ3n) is 2.83. The summed E-state index contributed by atoms with van der Waals surface area (Å²) in [5.74, 6) is -0.967. The molecule has 1 N–H and O–H groups in total. The predicted molar refractivity (Wildman–Crippen MR) is 69.1 cm³/mol. The van der Waals surface area contributed by atoms with E-state index in [0.717, 1.165) is 6.54 Å². The minimum atomic E-state index is -0.967. The molecular weight excluding hydrogens is 232 g/mol. The molecule has 0 aliphatic carbocycles. The van der Waals surface area contributed by atoms with Gasteiger partial charge in [-0.1, -0.05) is 0 Å². The number of hydrogen-bond acceptors (Lipinski definition) is 4. The Bertz CT molecular complexity index is 575. The topological polar surface area (TPSA) is 66.6 Å². The summed E-state index contributed by atoms with van der Waals surface area (Å²) in [6, 6.07) is 5.51. The van der Waals surface area contributed by atoms with E-state index in [-0.39, 0.29) is 11.6 Å². The van der Waals surface area contributed by atoms with Crippen molar-refractivity contribution in [1.82, 2.24) is 4.98 Å². The number of anilines is 1. The molecule has 0 fully saturated rings. The van der Waals surface area contributed by atoms with Crippen molar-refractivity contribution in [2.45, 2.75) is 26.8 Å². The van der Waals surface area contributed by atoms with Gasteiger partial charge in [-0.05, 0) is 39.0 Å². The minimum absolute atomic E-state index is 0.206. The zero-order valence-electron chi connectivity index (χ0n) is 10.7. The first-order valence-corrected chi connectivity index (χ1v) is 5.93. The van der Waals surface area contributed by atoms with E-state index in [0.29, 0.717) is 17.1 Å². The highest BCUT2D eigenvalue weighted by Crippen LogP contribution is 2.24. The van der Waals surface area contributed by atoms with Crippen LogP contribution in [0.5, 0.6) is 0 Å². The van der Waals surface area contributed by atoms with Crippen molar-refractivity contribution >= 4 is 23.1 Å². The first kappa shape index (κ1) is 12.4. The van der Waals surface area contributed by atoms with Gasteiger partial charge in [-0.3, -0.25) is 0 Å². The summed E-state index contributed by atoms with van der Waals surface area (Å²) in [6.07, 6.45) is 0. The highest BCUT2D eigenvalue weighted by molar-refractivity contribution is 5.92. The number of carboxylic acids is 1. The molecule has 2 rings (SSSR count). The molecule has 0 aliphatic rings. The molecule has 1 aromatic heterocycles. The van der Waals surface area contributed by atoms with E-state index in [1.165, 1.54) is 12.1 Å². The molecule has 5 nitrogen and oxygen atoms in total. The lowest BCUT2D eigenvalue weighted by molar-refractivity contribution is 0.0697. The summed E-state index contributed by atoms with van der Waals surface area (Å²) in [5, 5.41) is 8.92. The quantitative estimate of drug-likeness (QED) is 0.901. The molecule has 2 aromatic rings. The number of aromatic carboxylic acids is 1. The number of carbonyl (C=O) groups is 1. The van der Waals surface area contributed by atoms with E-state index in [4.69, 9.17) is 9.52 Å². The maximum Gasteiger partial charge on any atom is 0.335 e. The standard InChI is InChI=1S/C13H16N2O3/c1-4-15(8(2)3)13-14-10-6-5-9(12(16)17)7-11(10)18-13/h5-8H,4H2,1-3H3,(H,16,17). The van der Waals surface area contributed by atoms with Crippen molar-refractivity contribution in [2.75, 3.05) is 11.4 Å². The molecule has 1 heterocycles. The fourth-order valence-electron chi connectivity index (χ4n) is 1.89. The van der Waals surface area contributed by atoms with Crippen molar-refractivity contribution in [3.63, 3.8) is 0 Å². The molecule has 0 spiro atoms. The molecular formula is C13H16N2O3. The number of rotatable bonds is 4. The van der Waals surface area contributed by atoms with Crippen molar-refractivity contribution < 1.29 is 14.3 Å². The summed E-state index contributed by atoms with van der Waals surface area (Å²) < 4.78 is 5.62. The molecule has 0 unspecified atom stereocenters. The first-order valence-electron chi connectivity index (χ1n) is 5.93. The van der Waals surface area contributed by atoms with Crippen LogP contribution in [0.25, 0.3) is 11.1 Å². The molecule has 96 valence electrons. The molecule has 0 radical (unpaired) electrons. The van der Waals surface area contributed by atoms with Gasteiger partial charge in [0.2, 0.25) is 0 Å². The van der Waals surface area contributed by atoms with E-state index in [2.05, 4.69) is 18.8 Å². The van der Waals surface area contributed by atoms with Gasteiger partial charge in [-0.15, -0.1) is 0 Å². The third kappa shape index (κ3) is 2.16. The lowest BCUT2D eigenvalue weighted by atomic mass is 10.2. The van der Waals surface area contributed by atoms with Crippen LogP contribution in [-0.2, 0) is 0 Å². The number of benzene rings is 1. The lowest BCUT2D eigenvalue weighted by Crippen LogP contribution is -2.30. The lowest BCUT2D eigenvalue weighted by Gasteiger charge is -2.22. The highest BCUT2D eigenvalue weighted by atomic mass is 16.4. The Hall–Kier alpha value is -2.04. The van der Waals surface area contributed by atoms with Gasteiger partial charge in [0.1, 0.15) is 5.52 Å². The van der Waals surface area contributed by atoms with Crippen LogP contribution in [0.15, 0.2) is 22.6 Å². The van der Waals surface area contributed by atoms with Gasteiger partial charge in [0.05, 0.1) is 5.56 Å². The molecule has 5 heteroatoms. The van der Waals surface area contributed by atoms with Gasteiger partial charge in [0, 0.05) is 12.6 Å². The van der Waals surface area contributed by atoms with Crippen molar-refractivity contribution in [2.24, 2.45) is 0 Å². The van der Waals surface area contributed by atoms with Gasteiger partial charge >= 0.3 is 5.97 Å². The number of carboxylic acid groups (broad SMARTS) is 1. The maximum atomic E-state index is 10.9. The van der Waals surface area contributed by atoms with Crippen molar-refractivity contribution in [3.8, 4) is 0 Å². The van der Waals surface area contributed by atoms with E-state index in [1.807, 2.05) is 11.8 Å². The van der Waals surface area contributed by atoms with Gasteiger partial charge in [-0.2, -0.15) is 4.98 Å². The molecule has 0 aliphatic heterocycles. The second kappa shape index (κ2) is 4.68. The van der Waals surface area contributed by atoms with E-state index < -0.39 is 5.97 Å². The van der Waals surface area contributed by atoms with Crippen LogP contribution >= 0.6 is 0 Å². The van der Waals surface area contributed by atoms with Crippen LogP contribution in [-0.4, -0.2) is 28.6 Å². The maximum absolute atomic E-state index is 10.9. The summed E-state index contributed by atoms with van der Waals surface area (Å²) in [5.41, 5.74) is 1.39. The van der Waals surface area contributed by atoms with Crippen LogP contribution < -0.4 is 4.90 Å². The van der Waals surface area contributed by atoms with Gasteiger partial charge < -0.3 is 14.4 Å².